The predicted octanol–water partition coefficient (Wildman–Crippen LogP) is 1.97. The van der Waals surface area contributed by atoms with E-state index in [-0.39, 0.29) is 18.5 Å². The van der Waals surface area contributed by atoms with E-state index in [2.05, 4.69) is 10.6 Å². The third kappa shape index (κ3) is 4.90. The second-order valence-electron chi connectivity index (χ2n) is 4.64. The number of nitrogens with one attached hydrogen (secondary N) is 2. The Kier molecular flexibility index (Phi) is 6.61. The van der Waals surface area contributed by atoms with E-state index in [1.54, 1.807) is 13.2 Å². The highest BCUT2D eigenvalue weighted by Gasteiger charge is 2.11. The number of benzene rings is 1. The van der Waals surface area contributed by atoms with Gasteiger partial charge in [0.1, 0.15) is 0 Å². The number of methoxy groups -OCH3 is 2. The van der Waals surface area contributed by atoms with Gasteiger partial charge in [-0.15, -0.1) is 0 Å². The molecule has 0 fully saturated rings. The average molecular weight is 301 g/mol. The molecule has 0 saturated carbocycles. The van der Waals surface area contributed by atoms with E-state index in [1.807, 2.05) is 19.9 Å². The van der Waals surface area contributed by atoms with Crippen LogP contribution in [0, 0.1) is 0 Å². The van der Waals surface area contributed by atoms with Gasteiger partial charge in [-0.25, -0.2) is 0 Å². The number of carbonyl (C=O) groups is 1. The van der Waals surface area contributed by atoms with E-state index in [0.29, 0.717) is 23.1 Å². The van der Waals surface area contributed by atoms with Crippen LogP contribution >= 0.6 is 11.6 Å². The lowest BCUT2D eigenvalue weighted by Gasteiger charge is -2.13. The van der Waals surface area contributed by atoms with Gasteiger partial charge >= 0.3 is 0 Å². The van der Waals surface area contributed by atoms with Crippen molar-refractivity contribution < 1.29 is 14.3 Å². The smallest absolute Gasteiger partial charge is 0.234 e. The van der Waals surface area contributed by atoms with Gasteiger partial charge in [-0.1, -0.05) is 11.6 Å². The summed E-state index contributed by atoms with van der Waals surface area (Å²) in [5.41, 5.74) is 0.921. The van der Waals surface area contributed by atoms with Gasteiger partial charge in [0, 0.05) is 12.6 Å². The van der Waals surface area contributed by atoms with Crippen molar-refractivity contribution in [2.45, 2.75) is 26.4 Å². The molecular formula is C14H21ClN2O3. The van der Waals surface area contributed by atoms with Gasteiger partial charge in [0.05, 0.1) is 25.8 Å². The van der Waals surface area contributed by atoms with Gasteiger partial charge < -0.3 is 20.1 Å². The largest absolute Gasteiger partial charge is 0.493 e. The summed E-state index contributed by atoms with van der Waals surface area (Å²) in [5, 5.41) is 6.35. The summed E-state index contributed by atoms with van der Waals surface area (Å²) >= 11 is 6.11. The van der Waals surface area contributed by atoms with Crippen LogP contribution in [0.4, 0.5) is 0 Å². The third-order valence-electron chi connectivity index (χ3n) is 2.56. The van der Waals surface area contributed by atoms with E-state index in [4.69, 9.17) is 21.1 Å². The van der Waals surface area contributed by atoms with Crippen molar-refractivity contribution in [1.29, 1.82) is 0 Å². The van der Waals surface area contributed by atoms with E-state index in [9.17, 15) is 4.79 Å². The number of carbonyl (C=O) groups excluding carboxylic acids is 1. The zero-order valence-electron chi connectivity index (χ0n) is 12.2. The molecule has 112 valence electrons. The summed E-state index contributed by atoms with van der Waals surface area (Å²) in [6, 6.07) is 3.76. The summed E-state index contributed by atoms with van der Waals surface area (Å²) in [5.74, 6) is 1.05. The van der Waals surface area contributed by atoms with Gasteiger partial charge in [0.15, 0.2) is 11.5 Å². The molecule has 6 heteroatoms. The van der Waals surface area contributed by atoms with E-state index >= 15 is 0 Å². The summed E-state index contributed by atoms with van der Waals surface area (Å²) in [6.45, 7) is 4.62. The summed E-state index contributed by atoms with van der Waals surface area (Å²) in [4.78, 5) is 11.5. The first-order chi connectivity index (χ1) is 9.47. The molecule has 0 aliphatic rings. The van der Waals surface area contributed by atoms with Crippen LogP contribution < -0.4 is 20.1 Å². The highest BCUT2D eigenvalue weighted by Crippen LogP contribution is 2.35. The number of hydrogen-bond donors (Lipinski definition) is 2. The molecule has 0 radical (unpaired) electrons. The van der Waals surface area contributed by atoms with Crippen molar-refractivity contribution in [2.24, 2.45) is 0 Å². The first-order valence-corrected chi connectivity index (χ1v) is 6.76. The molecule has 0 unspecified atom stereocenters. The highest BCUT2D eigenvalue weighted by molar-refractivity contribution is 6.32. The zero-order valence-corrected chi connectivity index (χ0v) is 13.0. The van der Waals surface area contributed by atoms with Crippen LogP contribution in [-0.2, 0) is 11.3 Å². The molecule has 0 spiro atoms. The first-order valence-electron chi connectivity index (χ1n) is 6.38. The Morgan fingerprint density at radius 2 is 2.00 bits per heavy atom. The van der Waals surface area contributed by atoms with Crippen LogP contribution in [0.3, 0.4) is 0 Å². The van der Waals surface area contributed by atoms with Crippen LogP contribution in [0.25, 0.3) is 0 Å². The normalized spacial score (nSPS) is 10.5. The quantitative estimate of drug-likeness (QED) is 0.808. The second kappa shape index (κ2) is 7.97. The fraction of sp³-hybridized carbons (Fsp3) is 0.500. The van der Waals surface area contributed by atoms with Crippen molar-refractivity contribution in [2.75, 3.05) is 20.8 Å². The van der Waals surface area contributed by atoms with Gasteiger partial charge in [-0.3, -0.25) is 4.79 Å². The number of hydrogen-bond acceptors (Lipinski definition) is 4. The lowest BCUT2D eigenvalue weighted by molar-refractivity contribution is -0.120. The molecule has 1 aromatic rings. The maximum atomic E-state index is 11.5. The molecule has 1 aromatic carbocycles. The Morgan fingerprint density at radius 1 is 1.30 bits per heavy atom. The van der Waals surface area contributed by atoms with Crippen LogP contribution in [0.5, 0.6) is 11.5 Å². The topological polar surface area (TPSA) is 59.6 Å². The molecule has 5 nitrogen and oxygen atoms in total. The Bertz CT molecular complexity index is 464. The molecule has 0 atom stereocenters. The zero-order chi connectivity index (χ0) is 15.1. The lowest BCUT2D eigenvalue weighted by Crippen LogP contribution is -2.37. The molecule has 1 amide bonds. The third-order valence-corrected chi connectivity index (χ3v) is 2.84. The summed E-state index contributed by atoms with van der Waals surface area (Å²) in [7, 11) is 3.10. The maximum absolute atomic E-state index is 11.5. The van der Waals surface area contributed by atoms with Crippen LogP contribution in [-0.4, -0.2) is 32.7 Å². The molecule has 20 heavy (non-hydrogen) atoms. The predicted molar refractivity (Wildman–Crippen MR) is 79.5 cm³/mol. The van der Waals surface area contributed by atoms with E-state index < -0.39 is 0 Å². The summed E-state index contributed by atoms with van der Waals surface area (Å²) in [6.07, 6.45) is 0. The molecule has 2 N–H and O–H groups in total. The Balaban J connectivity index is 2.61. The van der Waals surface area contributed by atoms with Crippen molar-refractivity contribution in [3.8, 4) is 11.5 Å². The van der Waals surface area contributed by atoms with Gasteiger partial charge in [-0.2, -0.15) is 0 Å². The Morgan fingerprint density at radius 3 is 2.55 bits per heavy atom. The lowest BCUT2D eigenvalue weighted by atomic mass is 10.2. The minimum Gasteiger partial charge on any atom is -0.493 e. The van der Waals surface area contributed by atoms with Crippen LogP contribution in [0.15, 0.2) is 12.1 Å². The second-order valence-corrected chi connectivity index (χ2v) is 5.05. The van der Waals surface area contributed by atoms with Crippen molar-refractivity contribution in [3.05, 3.63) is 22.7 Å². The van der Waals surface area contributed by atoms with Crippen molar-refractivity contribution in [3.63, 3.8) is 0 Å². The van der Waals surface area contributed by atoms with E-state index in [1.165, 1.54) is 7.11 Å². The monoisotopic (exact) mass is 300 g/mol. The standard InChI is InChI=1S/C14H21ClN2O3/c1-9(2)17-13(18)8-16-7-10-5-11(15)14(20-4)12(6-10)19-3/h5-6,9,16H,7-8H2,1-4H3,(H,17,18). The Hall–Kier alpha value is -1.46. The Labute approximate surface area is 124 Å². The molecule has 0 aliphatic heterocycles. The minimum absolute atomic E-state index is 0.0356. The van der Waals surface area contributed by atoms with Crippen LogP contribution in [0.1, 0.15) is 19.4 Å². The number of rotatable bonds is 7. The average Bonchev–Trinajstić information content (AvgIpc) is 2.37. The molecule has 0 aliphatic carbocycles. The molecular weight excluding hydrogens is 280 g/mol. The minimum atomic E-state index is -0.0356. The highest BCUT2D eigenvalue weighted by atomic mass is 35.5. The SMILES string of the molecule is COc1cc(CNCC(=O)NC(C)C)cc(Cl)c1OC. The molecule has 0 bridgehead atoms. The molecule has 0 aromatic heterocycles. The van der Waals surface area contributed by atoms with Gasteiger partial charge in [0.2, 0.25) is 5.91 Å². The first kappa shape index (κ1) is 16.6. The molecule has 0 saturated heterocycles. The number of ether oxygens (including phenoxy) is 2. The van der Waals surface area contributed by atoms with Crippen LogP contribution in [0.2, 0.25) is 5.02 Å². The van der Waals surface area contributed by atoms with Crippen molar-refractivity contribution in [1.82, 2.24) is 10.6 Å². The fourth-order valence-corrected chi connectivity index (χ4v) is 2.08. The number of halogens is 1. The van der Waals surface area contributed by atoms with Gasteiger partial charge in [0.25, 0.3) is 0 Å². The molecule has 0 heterocycles. The molecule has 1 rings (SSSR count). The fourth-order valence-electron chi connectivity index (χ4n) is 1.77. The van der Waals surface area contributed by atoms with Crippen molar-refractivity contribution >= 4 is 17.5 Å². The summed E-state index contributed by atoms with van der Waals surface area (Å²) < 4.78 is 10.4. The maximum Gasteiger partial charge on any atom is 0.234 e. The van der Waals surface area contributed by atoms with E-state index in [0.717, 1.165) is 5.56 Å². The van der Waals surface area contributed by atoms with Gasteiger partial charge in [-0.05, 0) is 31.5 Å². The number of amides is 1.